The van der Waals surface area contributed by atoms with E-state index in [0.29, 0.717) is 37.6 Å². The fraction of sp³-hybridized carbons (Fsp3) is 0.333. The van der Waals surface area contributed by atoms with Crippen LogP contribution in [0.25, 0.3) is 0 Å². The third-order valence-electron chi connectivity index (χ3n) is 4.58. The molecule has 3 rings (SSSR count). The van der Waals surface area contributed by atoms with E-state index in [9.17, 15) is 14.0 Å². The summed E-state index contributed by atoms with van der Waals surface area (Å²) in [4.78, 5) is 28.1. The summed E-state index contributed by atoms with van der Waals surface area (Å²) in [6.45, 7) is 4.50. The summed E-state index contributed by atoms with van der Waals surface area (Å²) in [7, 11) is 0. The molecule has 2 aromatic rings. The zero-order valence-electron chi connectivity index (χ0n) is 15.9. The number of hydrogen-bond donors (Lipinski definition) is 1. The quantitative estimate of drug-likeness (QED) is 0.829. The maximum atomic E-state index is 13.2. The minimum Gasteiger partial charge on any atom is -0.484 e. The minimum absolute atomic E-state index is 0.00309. The molecule has 28 heavy (non-hydrogen) atoms. The van der Waals surface area contributed by atoms with E-state index < -0.39 is 5.82 Å². The van der Waals surface area contributed by atoms with Gasteiger partial charge >= 0.3 is 0 Å². The number of carbonyl (C=O) groups excluding carboxylic acids is 2. The lowest BCUT2D eigenvalue weighted by Crippen LogP contribution is -2.51. The van der Waals surface area contributed by atoms with Crippen molar-refractivity contribution in [2.75, 3.05) is 44.6 Å². The van der Waals surface area contributed by atoms with Gasteiger partial charge in [0.15, 0.2) is 6.61 Å². The summed E-state index contributed by atoms with van der Waals surface area (Å²) < 4.78 is 18.7. The summed E-state index contributed by atoms with van der Waals surface area (Å²) in [5.41, 5.74) is 1.57. The van der Waals surface area contributed by atoms with Gasteiger partial charge in [-0.25, -0.2) is 4.39 Å². The molecule has 1 heterocycles. The molecule has 7 heteroatoms. The standard InChI is InChI=1S/C21H24FN3O3/c1-16-5-7-19(8-6-16)28-15-21(27)25-11-9-24(10-12-25)14-20(26)23-18-4-2-3-17(22)13-18/h2-8,13H,9-12,14-15H2,1H3,(H,23,26). The average Bonchev–Trinajstić information content (AvgIpc) is 2.68. The Hall–Kier alpha value is -2.93. The van der Waals surface area contributed by atoms with Crippen molar-refractivity contribution in [3.8, 4) is 5.75 Å². The topological polar surface area (TPSA) is 61.9 Å². The van der Waals surface area contributed by atoms with Crippen LogP contribution in [-0.2, 0) is 9.59 Å². The van der Waals surface area contributed by atoms with Crippen molar-refractivity contribution >= 4 is 17.5 Å². The van der Waals surface area contributed by atoms with E-state index in [1.165, 1.54) is 12.1 Å². The van der Waals surface area contributed by atoms with E-state index >= 15 is 0 Å². The first-order valence-corrected chi connectivity index (χ1v) is 9.24. The van der Waals surface area contributed by atoms with Gasteiger partial charge in [-0.3, -0.25) is 14.5 Å². The van der Waals surface area contributed by atoms with Gasteiger partial charge in [0.1, 0.15) is 11.6 Å². The molecule has 0 saturated carbocycles. The molecule has 1 aliphatic rings. The molecule has 148 valence electrons. The lowest BCUT2D eigenvalue weighted by atomic mass is 10.2. The maximum absolute atomic E-state index is 13.2. The van der Waals surface area contributed by atoms with Crippen LogP contribution in [0.2, 0.25) is 0 Å². The van der Waals surface area contributed by atoms with Crippen molar-refractivity contribution in [3.63, 3.8) is 0 Å². The van der Waals surface area contributed by atoms with Gasteiger partial charge in [-0.2, -0.15) is 0 Å². The zero-order chi connectivity index (χ0) is 19.9. The number of anilines is 1. The highest BCUT2D eigenvalue weighted by Gasteiger charge is 2.22. The molecule has 0 unspecified atom stereocenters. The Kier molecular flexibility index (Phi) is 6.60. The Morgan fingerprint density at radius 1 is 1.07 bits per heavy atom. The van der Waals surface area contributed by atoms with E-state index in [0.717, 1.165) is 5.56 Å². The van der Waals surface area contributed by atoms with Crippen LogP contribution < -0.4 is 10.1 Å². The third kappa shape index (κ3) is 5.79. The number of nitrogens with one attached hydrogen (secondary N) is 1. The largest absolute Gasteiger partial charge is 0.484 e. The fourth-order valence-corrected chi connectivity index (χ4v) is 3.00. The highest BCUT2D eigenvalue weighted by Crippen LogP contribution is 2.12. The third-order valence-corrected chi connectivity index (χ3v) is 4.58. The molecule has 0 spiro atoms. The Balaban J connectivity index is 1.39. The van der Waals surface area contributed by atoms with Gasteiger partial charge in [-0.15, -0.1) is 0 Å². The van der Waals surface area contributed by atoms with Crippen molar-refractivity contribution in [1.29, 1.82) is 0 Å². The Labute approximate surface area is 163 Å². The molecule has 0 aliphatic carbocycles. The van der Waals surface area contributed by atoms with Crippen LogP contribution >= 0.6 is 0 Å². The highest BCUT2D eigenvalue weighted by atomic mass is 19.1. The fourth-order valence-electron chi connectivity index (χ4n) is 3.00. The molecule has 2 aromatic carbocycles. The number of amides is 2. The first kappa shape index (κ1) is 19.8. The lowest BCUT2D eigenvalue weighted by Gasteiger charge is -2.34. The lowest BCUT2D eigenvalue weighted by molar-refractivity contribution is -0.135. The number of ether oxygens (including phenoxy) is 1. The van der Waals surface area contributed by atoms with Crippen molar-refractivity contribution in [2.45, 2.75) is 6.92 Å². The Morgan fingerprint density at radius 3 is 2.46 bits per heavy atom. The van der Waals surface area contributed by atoms with Crippen molar-refractivity contribution < 1.29 is 18.7 Å². The summed E-state index contributed by atoms with van der Waals surface area (Å²) in [5.74, 6) is 0.0157. The van der Waals surface area contributed by atoms with Crippen LogP contribution in [0.15, 0.2) is 48.5 Å². The molecular weight excluding hydrogens is 361 g/mol. The molecule has 1 N–H and O–H groups in total. The van der Waals surface area contributed by atoms with Gasteiger partial charge in [-0.1, -0.05) is 23.8 Å². The number of carbonyl (C=O) groups is 2. The number of aryl methyl sites for hydroxylation is 1. The number of rotatable bonds is 6. The molecular formula is C21H24FN3O3. The Bertz CT molecular complexity index is 818. The number of hydrogen-bond acceptors (Lipinski definition) is 4. The minimum atomic E-state index is -0.391. The maximum Gasteiger partial charge on any atom is 0.260 e. The molecule has 0 atom stereocenters. The van der Waals surface area contributed by atoms with Crippen LogP contribution in [0.5, 0.6) is 5.75 Å². The van der Waals surface area contributed by atoms with Crippen molar-refractivity contribution in [2.24, 2.45) is 0 Å². The summed E-state index contributed by atoms with van der Waals surface area (Å²) in [5, 5.41) is 2.69. The van der Waals surface area contributed by atoms with Crippen molar-refractivity contribution in [3.05, 3.63) is 59.9 Å². The highest BCUT2D eigenvalue weighted by molar-refractivity contribution is 5.92. The van der Waals surface area contributed by atoms with Crippen LogP contribution in [-0.4, -0.2) is 60.9 Å². The summed E-state index contributed by atoms with van der Waals surface area (Å²) in [6, 6.07) is 13.4. The predicted molar refractivity (Wildman–Crippen MR) is 105 cm³/mol. The van der Waals surface area contributed by atoms with Crippen LogP contribution in [0.3, 0.4) is 0 Å². The van der Waals surface area contributed by atoms with E-state index in [1.807, 2.05) is 36.1 Å². The number of halogens is 1. The second-order valence-electron chi connectivity index (χ2n) is 6.82. The first-order valence-electron chi connectivity index (χ1n) is 9.24. The van der Waals surface area contributed by atoms with Gasteiger partial charge in [0.05, 0.1) is 6.54 Å². The number of benzene rings is 2. The number of piperazine rings is 1. The predicted octanol–water partition coefficient (Wildman–Crippen LogP) is 2.30. The van der Waals surface area contributed by atoms with E-state index in [2.05, 4.69) is 5.32 Å². The van der Waals surface area contributed by atoms with Gasteiger partial charge in [0, 0.05) is 31.9 Å². The normalized spacial score (nSPS) is 14.6. The molecule has 0 radical (unpaired) electrons. The van der Waals surface area contributed by atoms with Gasteiger partial charge in [-0.05, 0) is 37.3 Å². The average molecular weight is 385 g/mol. The van der Waals surface area contributed by atoms with Gasteiger partial charge in [0.2, 0.25) is 5.91 Å². The summed E-state index contributed by atoms with van der Waals surface area (Å²) in [6.07, 6.45) is 0. The Morgan fingerprint density at radius 2 is 1.79 bits per heavy atom. The molecule has 1 saturated heterocycles. The van der Waals surface area contributed by atoms with Crippen molar-refractivity contribution in [1.82, 2.24) is 9.80 Å². The van der Waals surface area contributed by atoms with Gasteiger partial charge < -0.3 is 15.0 Å². The van der Waals surface area contributed by atoms with Crippen LogP contribution in [0, 0.1) is 12.7 Å². The molecule has 1 aliphatic heterocycles. The summed E-state index contributed by atoms with van der Waals surface area (Å²) >= 11 is 0. The van der Waals surface area contributed by atoms with E-state index in [-0.39, 0.29) is 25.0 Å². The molecule has 2 amide bonds. The zero-order valence-corrected chi connectivity index (χ0v) is 15.9. The molecule has 0 aromatic heterocycles. The molecule has 1 fully saturated rings. The SMILES string of the molecule is Cc1ccc(OCC(=O)N2CCN(CC(=O)Nc3cccc(F)c3)CC2)cc1. The van der Waals surface area contributed by atoms with E-state index in [1.54, 1.807) is 17.0 Å². The number of nitrogens with zero attached hydrogens (tertiary/aromatic N) is 2. The molecule has 6 nitrogen and oxygen atoms in total. The van der Waals surface area contributed by atoms with Gasteiger partial charge in [0.25, 0.3) is 5.91 Å². The monoisotopic (exact) mass is 385 g/mol. The van der Waals surface area contributed by atoms with E-state index in [4.69, 9.17) is 4.74 Å². The first-order chi connectivity index (χ1) is 13.5. The smallest absolute Gasteiger partial charge is 0.260 e. The molecule has 0 bridgehead atoms. The second kappa shape index (κ2) is 9.32. The van der Waals surface area contributed by atoms with Crippen LogP contribution in [0.4, 0.5) is 10.1 Å². The second-order valence-corrected chi connectivity index (χ2v) is 6.82. The van der Waals surface area contributed by atoms with Crippen LogP contribution in [0.1, 0.15) is 5.56 Å².